The minimum Gasteiger partial charge on any atom is -0.377 e. The van der Waals surface area contributed by atoms with E-state index in [9.17, 15) is 14.9 Å². The van der Waals surface area contributed by atoms with Gasteiger partial charge in [-0.15, -0.1) is 0 Å². The van der Waals surface area contributed by atoms with Crippen LogP contribution in [-0.2, 0) is 4.74 Å². The highest BCUT2D eigenvalue weighted by molar-refractivity contribution is 6.00. The summed E-state index contributed by atoms with van der Waals surface area (Å²) >= 11 is 0. The summed E-state index contributed by atoms with van der Waals surface area (Å²) in [5.74, 6) is -0.126. The van der Waals surface area contributed by atoms with E-state index in [-0.39, 0.29) is 17.7 Å². The van der Waals surface area contributed by atoms with Gasteiger partial charge in [-0.05, 0) is 45.1 Å². The van der Waals surface area contributed by atoms with Crippen molar-refractivity contribution in [2.75, 3.05) is 37.7 Å². The molecule has 0 radical (unpaired) electrons. The molecule has 1 atom stereocenters. The summed E-state index contributed by atoms with van der Waals surface area (Å²) in [6.07, 6.45) is 5.25. The molecule has 7 heteroatoms. The molecule has 0 saturated carbocycles. The van der Waals surface area contributed by atoms with Crippen molar-refractivity contribution in [1.82, 2.24) is 4.90 Å². The van der Waals surface area contributed by atoms with Crippen LogP contribution in [0.4, 0.5) is 11.4 Å². The number of rotatable bonds is 5. The van der Waals surface area contributed by atoms with Gasteiger partial charge < -0.3 is 14.5 Å². The number of nitro benzene ring substituents is 1. The SMILES string of the molecule is CCOC1CCCN(C(=O)c2cc([N+](=O)[O-])ccc2N2CCCCC2)C1. The van der Waals surface area contributed by atoms with Crippen LogP contribution in [0.1, 0.15) is 49.4 Å². The van der Waals surface area contributed by atoms with Crippen molar-refractivity contribution in [1.29, 1.82) is 0 Å². The fourth-order valence-corrected chi connectivity index (χ4v) is 3.88. The van der Waals surface area contributed by atoms with Gasteiger partial charge in [-0.3, -0.25) is 14.9 Å². The van der Waals surface area contributed by atoms with Crippen molar-refractivity contribution in [2.24, 2.45) is 0 Å². The first-order chi connectivity index (χ1) is 12.6. The second-order valence-corrected chi connectivity index (χ2v) is 6.98. The van der Waals surface area contributed by atoms with E-state index in [1.807, 2.05) is 6.92 Å². The van der Waals surface area contributed by atoms with E-state index in [4.69, 9.17) is 4.74 Å². The normalized spacial score (nSPS) is 20.9. The van der Waals surface area contributed by atoms with Gasteiger partial charge in [0.25, 0.3) is 11.6 Å². The summed E-state index contributed by atoms with van der Waals surface area (Å²) in [6.45, 7) is 5.58. The number of nitro groups is 1. The lowest BCUT2D eigenvalue weighted by molar-refractivity contribution is -0.384. The fourth-order valence-electron chi connectivity index (χ4n) is 3.88. The molecule has 2 saturated heterocycles. The third-order valence-electron chi connectivity index (χ3n) is 5.19. The van der Waals surface area contributed by atoms with E-state index in [1.54, 1.807) is 11.0 Å². The van der Waals surface area contributed by atoms with E-state index in [0.717, 1.165) is 44.5 Å². The standard InChI is InChI=1S/C19H27N3O4/c1-2-26-16-7-6-12-21(14-16)19(23)17-13-15(22(24)25)8-9-18(17)20-10-4-3-5-11-20/h8-9,13,16H,2-7,10-12,14H2,1H3. The maximum atomic E-state index is 13.2. The molecule has 0 N–H and O–H groups in total. The summed E-state index contributed by atoms with van der Waals surface area (Å²) in [5.41, 5.74) is 1.23. The van der Waals surface area contributed by atoms with Gasteiger partial charge in [0.2, 0.25) is 0 Å². The third kappa shape index (κ3) is 4.15. The largest absolute Gasteiger partial charge is 0.377 e. The molecule has 0 spiro atoms. The summed E-state index contributed by atoms with van der Waals surface area (Å²) in [5, 5.41) is 11.2. The van der Waals surface area contributed by atoms with Gasteiger partial charge in [0.05, 0.1) is 22.3 Å². The average molecular weight is 361 g/mol. The van der Waals surface area contributed by atoms with Crippen LogP contribution in [0.25, 0.3) is 0 Å². The second-order valence-electron chi connectivity index (χ2n) is 6.98. The number of benzene rings is 1. The highest BCUT2D eigenvalue weighted by atomic mass is 16.6. The number of likely N-dealkylation sites (tertiary alicyclic amines) is 1. The molecule has 0 aromatic heterocycles. The Labute approximate surface area is 154 Å². The number of amides is 1. The zero-order valence-electron chi connectivity index (χ0n) is 15.4. The summed E-state index contributed by atoms with van der Waals surface area (Å²) in [4.78, 5) is 28.0. The van der Waals surface area contributed by atoms with Crippen molar-refractivity contribution >= 4 is 17.3 Å². The van der Waals surface area contributed by atoms with Gasteiger partial charge in [-0.25, -0.2) is 0 Å². The number of hydrogen-bond acceptors (Lipinski definition) is 5. The molecule has 1 unspecified atom stereocenters. The third-order valence-corrected chi connectivity index (χ3v) is 5.19. The summed E-state index contributed by atoms with van der Waals surface area (Å²) in [6, 6.07) is 4.68. The molecule has 0 aliphatic carbocycles. The Bertz CT molecular complexity index is 656. The van der Waals surface area contributed by atoms with Crippen LogP contribution >= 0.6 is 0 Å². The quantitative estimate of drug-likeness (QED) is 0.594. The molecule has 2 fully saturated rings. The molecule has 2 aliphatic rings. The van der Waals surface area contributed by atoms with Crippen LogP contribution in [0.3, 0.4) is 0 Å². The van der Waals surface area contributed by atoms with Gasteiger partial charge >= 0.3 is 0 Å². The highest BCUT2D eigenvalue weighted by Gasteiger charge is 2.29. The van der Waals surface area contributed by atoms with Crippen LogP contribution in [-0.4, -0.2) is 54.6 Å². The smallest absolute Gasteiger partial charge is 0.270 e. The Hall–Kier alpha value is -2.15. The zero-order chi connectivity index (χ0) is 18.5. The lowest BCUT2D eigenvalue weighted by Gasteiger charge is -2.35. The summed E-state index contributed by atoms with van der Waals surface area (Å²) in [7, 11) is 0. The Kier molecular flexibility index (Phi) is 6.08. The Morgan fingerprint density at radius 1 is 1.23 bits per heavy atom. The van der Waals surface area contributed by atoms with Gasteiger partial charge in [-0.1, -0.05) is 0 Å². The molecule has 142 valence electrons. The predicted molar refractivity (Wildman–Crippen MR) is 99.7 cm³/mol. The van der Waals surface area contributed by atoms with Crippen molar-refractivity contribution in [3.8, 4) is 0 Å². The minimum atomic E-state index is -0.435. The lowest BCUT2D eigenvalue weighted by atomic mass is 10.0. The lowest BCUT2D eigenvalue weighted by Crippen LogP contribution is -2.44. The van der Waals surface area contributed by atoms with Crippen molar-refractivity contribution < 1.29 is 14.5 Å². The van der Waals surface area contributed by atoms with Crippen LogP contribution < -0.4 is 4.90 Å². The summed E-state index contributed by atoms with van der Waals surface area (Å²) < 4.78 is 5.70. The highest BCUT2D eigenvalue weighted by Crippen LogP contribution is 2.30. The first-order valence-electron chi connectivity index (χ1n) is 9.54. The first-order valence-corrected chi connectivity index (χ1v) is 9.54. The monoisotopic (exact) mass is 361 g/mol. The molecular weight excluding hydrogens is 334 g/mol. The van der Waals surface area contributed by atoms with Crippen molar-refractivity contribution in [3.63, 3.8) is 0 Å². The van der Waals surface area contributed by atoms with Crippen LogP contribution in [0, 0.1) is 10.1 Å². The molecule has 1 aromatic rings. The Morgan fingerprint density at radius 2 is 2.00 bits per heavy atom. The maximum absolute atomic E-state index is 13.2. The van der Waals surface area contributed by atoms with Gasteiger partial charge in [0, 0.05) is 44.9 Å². The Morgan fingerprint density at radius 3 is 2.69 bits per heavy atom. The van der Waals surface area contributed by atoms with E-state index in [0.29, 0.717) is 25.3 Å². The topological polar surface area (TPSA) is 75.9 Å². The van der Waals surface area contributed by atoms with Gasteiger partial charge in [0.1, 0.15) is 0 Å². The fraction of sp³-hybridized carbons (Fsp3) is 0.632. The molecule has 1 amide bonds. The van der Waals surface area contributed by atoms with Crippen molar-refractivity contribution in [3.05, 3.63) is 33.9 Å². The van der Waals surface area contributed by atoms with Crippen LogP contribution in [0.5, 0.6) is 0 Å². The number of carbonyl (C=O) groups excluding carboxylic acids is 1. The van der Waals surface area contributed by atoms with E-state index < -0.39 is 4.92 Å². The molecular formula is C19H27N3O4. The van der Waals surface area contributed by atoms with Crippen molar-refractivity contribution in [2.45, 2.75) is 45.1 Å². The van der Waals surface area contributed by atoms with E-state index in [1.165, 1.54) is 18.6 Å². The molecule has 1 aromatic carbocycles. The molecule has 26 heavy (non-hydrogen) atoms. The van der Waals surface area contributed by atoms with Crippen LogP contribution in [0.2, 0.25) is 0 Å². The molecule has 2 heterocycles. The second kappa shape index (κ2) is 8.49. The Balaban J connectivity index is 1.88. The molecule has 0 bridgehead atoms. The van der Waals surface area contributed by atoms with Gasteiger partial charge in [0.15, 0.2) is 0 Å². The average Bonchev–Trinajstić information content (AvgIpc) is 2.68. The predicted octanol–water partition coefficient (Wildman–Crippen LogP) is 3.23. The maximum Gasteiger partial charge on any atom is 0.270 e. The van der Waals surface area contributed by atoms with Gasteiger partial charge in [-0.2, -0.15) is 0 Å². The molecule has 3 rings (SSSR count). The first kappa shape index (κ1) is 18.6. The van der Waals surface area contributed by atoms with E-state index in [2.05, 4.69) is 4.90 Å². The zero-order valence-corrected chi connectivity index (χ0v) is 15.4. The number of nitrogens with zero attached hydrogens (tertiary/aromatic N) is 3. The molecule has 7 nitrogen and oxygen atoms in total. The number of carbonyl (C=O) groups is 1. The van der Waals surface area contributed by atoms with Crippen LogP contribution in [0.15, 0.2) is 18.2 Å². The number of piperidine rings is 2. The van der Waals surface area contributed by atoms with E-state index >= 15 is 0 Å². The number of hydrogen-bond donors (Lipinski definition) is 0. The number of anilines is 1. The molecule has 2 aliphatic heterocycles. The minimum absolute atomic E-state index is 0.0347. The number of ether oxygens (including phenoxy) is 1. The number of non-ortho nitro benzene ring substituents is 1.